The molecule has 0 aliphatic heterocycles. The van der Waals surface area contributed by atoms with E-state index in [1.165, 1.54) is 4.57 Å². The highest BCUT2D eigenvalue weighted by Crippen LogP contribution is 2.18. The second-order valence-electron chi connectivity index (χ2n) is 5.81. The van der Waals surface area contributed by atoms with Gasteiger partial charge in [-0.25, -0.2) is 4.79 Å². The van der Waals surface area contributed by atoms with Crippen molar-refractivity contribution < 1.29 is 4.79 Å². The van der Waals surface area contributed by atoms with Crippen molar-refractivity contribution in [3.8, 4) is 0 Å². The summed E-state index contributed by atoms with van der Waals surface area (Å²) in [6.45, 7) is 5.98. The predicted molar refractivity (Wildman–Crippen MR) is 94.9 cm³/mol. The van der Waals surface area contributed by atoms with Crippen LogP contribution in [0.2, 0.25) is 0 Å². The summed E-state index contributed by atoms with van der Waals surface area (Å²) >= 11 is 0. The van der Waals surface area contributed by atoms with Crippen LogP contribution in [0, 0.1) is 13.8 Å². The molecule has 1 aromatic heterocycles. The minimum atomic E-state index is -0.749. The Bertz CT molecular complexity index is 896. The highest BCUT2D eigenvalue weighted by atomic mass is 16.2. The molecule has 0 spiro atoms. The van der Waals surface area contributed by atoms with E-state index in [4.69, 9.17) is 5.73 Å². The van der Waals surface area contributed by atoms with E-state index in [1.54, 1.807) is 18.9 Å². The van der Waals surface area contributed by atoms with Crippen molar-refractivity contribution in [2.24, 2.45) is 0 Å². The number of aromatic amines is 1. The topological polar surface area (TPSA) is 101 Å². The third-order valence-corrected chi connectivity index (χ3v) is 4.15. The maximum absolute atomic E-state index is 12.5. The Morgan fingerprint density at radius 2 is 1.92 bits per heavy atom. The van der Waals surface area contributed by atoms with Crippen LogP contribution in [-0.4, -0.2) is 28.9 Å². The van der Waals surface area contributed by atoms with Gasteiger partial charge >= 0.3 is 5.69 Å². The molecule has 1 aromatic carbocycles. The maximum Gasteiger partial charge on any atom is 0.329 e. The number of nitrogen functional groups attached to an aromatic ring is 1. The molecule has 0 fully saturated rings. The number of benzene rings is 1. The number of hydrogen-bond donors (Lipinski definition) is 2. The van der Waals surface area contributed by atoms with Gasteiger partial charge in [0, 0.05) is 19.3 Å². The highest BCUT2D eigenvalue weighted by Gasteiger charge is 2.20. The molecule has 7 heteroatoms. The van der Waals surface area contributed by atoms with Gasteiger partial charge in [-0.1, -0.05) is 6.07 Å². The van der Waals surface area contributed by atoms with Crippen LogP contribution in [0.25, 0.3) is 0 Å². The normalized spacial score (nSPS) is 10.7. The SMILES string of the molecule is CCn1c(N)c(C(=O)CN(C)c2ccc(C)c(C)c2)c(=O)[nH]c1=O. The molecule has 3 N–H and O–H groups in total. The molecule has 128 valence electrons. The number of carbonyl (C=O) groups excluding carboxylic acids is 1. The Morgan fingerprint density at radius 3 is 2.50 bits per heavy atom. The van der Waals surface area contributed by atoms with Crippen LogP contribution >= 0.6 is 0 Å². The van der Waals surface area contributed by atoms with E-state index in [1.807, 2.05) is 32.0 Å². The lowest BCUT2D eigenvalue weighted by Gasteiger charge is -2.20. The van der Waals surface area contributed by atoms with Crippen LogP contribution in [-0.2, 0) is 6.54 Å². The average molecular weight is 330 g/mol. The number of nitrogens with two attached hydrogens (primary N) is 1. The van der Waals surface area contributed by atoms with Gasteiger partial charge in [0.1, 0.15) is 11.4 Å². The Hall–Kier alpha value is -2.83. The lowest BCUT2D eigenvalue weighted by Crippen LogP contribution is -2.38. The number of anilines is 2. The first-order valence-electron chi connectivity index (χ1n) is 7.70. The van der Waals surface area contributed by atoms with Gasteiger partial charge in [-0.2, -0.15) is 0 Å². The van der Waals surface area contributed by atoms with Gasteiger partial charge in [0.15, 0.2) is 5.78 Å². The summed E-state index contributed by atoms with van der Waals surface area (Å²) in [7, 11) is 1.77. The summed E-state index contributed by atoms with van der Waals surface area (Å²) in [5.74, 6) is -0.526. The van der Waals surface area contributed by atoms with E-state index in [9.17, 15) is 14.4 Å². The van der Waals surface area contributed by atoms with Crippen LogP contribution < -0.4 is 21.9 Å². The number of nitrogens with zero attached hydrogens (tertiary/aromatic N) is 2. The molecule has 0 saturated heterocycles. The van der Waals surface area contributed by atoms with Crippen LogP contribution in [0.3, 0.4) is 0 Å². The quantitative estimate of drug-likeness (QED) is 0.799. The van der Waals surface area contributed by atoms with E-state index in [0.29, 0.717) is 0 Å². The van der Waals surface area contributed by atoms with Crippen molar-refractivity contribution in [1.29, 1.82) is 0 Å². The first kappa shape index (κ1) is 17.5. The van der Waals surface area contributed by atoms with Gasteiger partial charge in [-0.15, -0.1) is 0 Å². The molecule has 7 nitrogen and oxygen atoms in total. The largest absolute Gasteiger partial charge is 0.384 e. The number of rotatable bonds is 5. The first-order valence-corrected chi connectivity index (χ1v) is 7.70. The van der Waals surface area contributed by atoms with Crippen molar-refractivity contribution in [1.82, 2.24) is 9.55 Å². The summed E-state index contributed by atoms with van der Waals surface area (Å²) in [6, 6.07) is 5.86. The van der Waals surface area contributed by atoms with Gasteiger partial charge in [0.05, 0.1) is 6.54 Å². The fraction of sp³-hybridized carbons (Fsp3) is 0.353. The van der Waals surface area contributed by atoms with E-state index in [0.717, 1.165) is 16.8 Å². The fourth-order valence-corrected chi connectivity index (χ4v) is 2.52. The lowest BCUT2D eigenvalue weighted by molar-refractivity contribution is 0.0999. The van der Waals surface area contributed by atoms with E-state index < -0.39 is 17.0 Å². The van der Waals surface area contributed by atoms with Gasteiger partial charge in [-0.05, 0) is 44.0 Å². The molecular formula is C17H22N4O3. The van der Waals surface area contributed by atoms with E-state index in [2.05, 4.69) is 4.98 Å². The predicted octanol–water partition coefficient (Wildman–Crippen LogP) is 1.07. The molecule has 2 rings (SSSR count). The summed E-state index contributed by atoms with van der Waals surface area (Å²) in [6.07, 6.45) is 0. The van der Waals surface area contributed by atoms with E-state index >= 15 is 0 Å². The zero-order valence-corrected chi connectivity index (χ0v) is 14.3. The zero-order valence-electron chi connectivity index (χ0n) is 14.3. The second-order valence-corrected chi connectivity index (χ2v) is 5.81. The average Bonchev–Trinajstić information content (AvgIpc) is 2.49. The zero-order chi connectivity index (χ0) is 18.0. The number of carbonyl (C=O) groups is 1. The summed E-state index contributed by atoms with van der Waals surface area (Å²) in [4.78, 5) is 40.1. The van der Waals surface area contributed by atoms with Crippen LogP contribution in [0.5, 0.6) is 0 Å². The van der Waals surface area contributed by atoms with Crippen LogP contribution in [0.15, 0.2) is 27.8 Å². The number of ketones is 1. The number of Topliss-reactive ketones (excluding diaryl/α,β-unsaturated/α-hetero) is 1. The van der Waals surface area contributed by atoms with Gasteiger partial charge in [0.2, 0.25) is 0 Å². The Kier molecular flexibility index (Phi) is 4.92. The Balaban J connectivity index is 2.34. The van der Waals surface area contributed by atoms with Gasteiger partial charge in [0.25, 0.3) is 5.56 Å². The molecule has 24 heavy (non-hydrogen) atoms. The molecule has 1 heterocycles. The summed E-state index contributed by atoms with van der Waals surface area (Å²) < 4.78 is 1.17. The number of aromatic nitrogens is 2. The van der Waals surface area contributed by atoms with Gasteiger partial charge < -0.3 is 10.6 Å². The Morgan fingerprint density at radius 1 is 1.25 bits per heavy atom. The van der Waals surface area contributed by atoms with E-state index in [-0.39, 0.29) is 24.5 Å². The molecule has 0 aliphatic carbocycles. The van der Waals surface area contributed by atoms with Crippen molar-refractivity contribution in [3.63, 3.8) is 0 Å². The third kappa shape index (κ3) is 3.24. The molecule has 0 bridgehead atoms. The Labute approximate surface area is 139 Å². The molecule has 0 radical (unpaired) electrons. The molecular weight excluding hydrogens is 308 g/mol. The molecule has 0 saturated carbocycles. The van der Waals surface area contributed by atoms with Gasteiger partial charge in [-0.3, -0.25) is 19.1 Å². The number of nitrogens with one attached hydrogen (secondary N) is 1. The van der Waals surface area contributed by atoms with Crippen molar-refractivity contribution in [3.05, 3.63) is 55.7 Å². The standard InChI is InChI=1S/C17H22N4O3/c1-5-21-15(18)14(16(23)19-17(21)24)13(22)9-20(4)12-7-6-10(2)11(3)8-12/h6-8H,5,9,18H2,1-4H3,(H,19,23,24). The number of likely N-dealkylation sites (N-methyl/N-ethyl adjacent to an activating group) is 1. The third-order valence-electron chi connectivity index (χ3n) is 4.15. The van der Waals surface area contributed by atoms with Crippen LogP contribution in [0.4, 0.5) is 11.5 Å². The minimum Gasteiger partial charge on any atom is -0.384 e. The number of H-pyrrole nitrogens is 1. The number of hydrogen-bond acceptors (Lipinski definition) is 5. The lowest BCUT2D eigenvalue weighted by atomic mass is 10.1. The van der Waals surface area contributed by atoms with Crippen molar-refractivity contribution in [2.45, 2.75) is 27.3 Å². The van der Waals surface area contributed by atoms with Crippen molar-refractivity contribution in [2.75, 3.05) is 24.2 Å². The fourth-order valence-electron chi connectivity index (χ4n) is 2.52. The summed E-state index contributed by atoms with van der Waals surface area (Å²) in [5.41, 5.74) is 7.46. The first-order chi connectivity index (χ1) is 11.3. The van der Waals surface area contributed by atoms with Crippen molar-refractivity contribution >= 4 is 17.3 Å². The second kappa shape index (κ2) is 6.74. The number of aryl methyl sites for hydroxylation is 2. The molecule has 0 amide bonds. The van der Waals surface area contributed by atoms with Crippen LogP contribution in [0.1, 0.15) is 28.4 Å². The molecule has 0 aliphatic rings. The minimum absolute atomic E-state index is 0.0162. The highest BCUT2D eigenvalue weighted by molar-refractivity contribution is 6.02. The molecule has 0 unspecified atom stereocenters. The summed E-state index contributed by atoms with van der Waals surface area (Å²) in [5, 5.41) is 0. The maximum atomic E-state index is 12.5. The molecule has 0 atom stereocenters. The smallest absolute Gasteiger partial charge is 0.329 e. The monoisotopic (exact) mass is 330 g/mol. The molecule has 2 aromatic rings.